The largest absolute Gasteiger partial charge is 0.240 e. The van der Waals surface area contributed by atoms with Crippen molar-refractivity contribution < 1.29 is 0 Å². The normalized spacial score (nSPS) is 11.1. The molecule has 3 rings (SSSR count). The van der Waals surface area contributed by atoms with E-state index in [1.54, 1.807) is 11.3 Å². The first-order valence-electron chi connectivity index (χ1n) is 5.47. The molecule has 0 spiro atoms. The maximum atomic E-state index is 6.39. The Kier molecular flexibility index (Phi) is 3.14. The zero-order valence-corrected chi connectivity index (χ0v) is 12.7. The maximum Gasteiger partial charge on any atom is 0.101 e. The third-order valence-electron chi connectivity index (χ3n) is 2.76. The van der Waals surface area contributed by atoms with Gasteiger partial charge >= 0.3 is 0 Å². The Balaban J connectivity index is 2.34. The Morgan fingerprint density at radius 3 is 2.67 bits per heavy atom. The van der Waals surface area contributed by atoms with Crippen molar-refractivity contribution in [3.05, 3.63) is 50.9 Å². The van der Waals surface area contributed by atoms with Crippen LogP contribution in [0.15, 0.2) is 40.9 Å². The van der Waals surface area contributed by atoms with Crippen LogP contribution in [0.2, 0.25) is 5.02 Å². The minimum absolute atomic E-state index is 0.690. The standard InChI is InChI=1S/C14H9BrClNS/c1-8-17-14-11(18-8)7-10(12(15)13(14)16)9-5-3-2-4-6-9/h2-7H,1H3. The van der Waals surface area contributed by atoms with E-state index in [1.165, 1.54) is 0 Å². The van der Waals surface area contributed by atoms with Gasteiger partial charge in [0.2, 0.25) is 0 Å². The van der Waals surface area contributed by atoms with Gasteiger partial charge in [0.15, 0.2) is 0 Å². The van der Waals surface area contributed by atoms with Crippen molar-refractivity contribution in [2.45, 2.75) is 6.92 Å². The van der Waals surface area contributed by atoms with Gasteiger partial charge < -0.3 is 0 Å². The highest BCUT2D eigenvalue weighted by atomic mass is 79.9. The molecule has 0 atom stereocenters. The number of fused-ring (bicyclic) bond motifs is 1. The van der Waals surface area contributed by atoms with E-state index in [9.17, 15) is 0 Å². The molecule has 1 aromatic heterocycles. The number of thiazole rings is 1. The van der Waals surface area contributed by atoms with Crippen molar-refractivity contribution in [1.82, 2.24) is 4.98 Å². The lowest BCUT2D eigenvalue weighted by atomic mass is 10.1. The zero-order chi connectivity index (χ0) is 12.7. The van der Waals surface area contributed by atoms with Crippen molar-refractivity contribution in [2.75, 3.05) is 0 Å². The molecule has 0 aliphatic heterocycles. The van der Waals surface area contributed by atoms with E-state index in [-0.39, 0.29) is 0 Å². The second-order valence-corrected chi connectivity index (χ2v) is 6.40. The fourth-order valence-electron chi connectivity index (χ4n) is 1.94. The Morgan fingerprint density at radius 1 is 1.22 bits per heavy atom. The van der Waals surface area contributed by atoms with Gasteiger partial charge in [0.25, 0.3) is 0 Å². The van der Waals surface area contributed by atoms with Gasteiger partial charge in [0, 0.05) is 4.47 Å². The van der Waals surface area contributed by atoms with Crippen LogP contribution in [0.1, 0.15) is 5.01 Å². The average Bonchev–Trinajstić information content (AvgIpc) is 2.76. The van der Waals surface area contributed by atoms with Gasteiger partial charge in [0.1, 0.15) is 5.52 Å². The molecule has 0 amide bonds. The summed E-state index contributed by atoms with van der Waals surface area (Å²) in [6.07, 6.45) is 0. The molecular formula is C14H9BrClNS. The second kappa shape index (κ2) is 4.65. The first-order chi connectivity index (χ1) is 8.66. The molecule has 0 N–H and O–H groups in total. The number of hydrogen-bond acceptors (Lipinski definition) is 2. The summed E-state index contributed by atoms with van der Waals surface area (Å²) in [4.78, 5) is 4.46. The summed E-state index contributed by atoms with van der Waals surface area (Å²) in [6, 6.07) is 12.4. The highest BCUT2D eigenvalue weighted by molar-refractivity contribution is 9.10. The number of halogens is 2. The minimum Gasteiger partial charge on any atom is -0.240 e. The molecule has 1 nitrogen and oxygen atoms in total. The fourth-order valence-corrected chi connectivity index (χ4v) is 3.65. The quantitative estimate of drug-likeness (QED) is 0.555. The van der Waals surface area contributed by atoms with E-state index in [2.05, 4.69) is 39.1 Å². The lowest BCUT2D eigenvalue weighted by molar-refractivity contribution is 1.34. The lowest BCUT2D eigenvalue weighted by Gasteiger charge is -2.07. The topological polar surface area (TPSA) is 12.9 Å². The van der Waals surface area contributed by atoms with Crippen molar-refractivity contribution in [3.8, 4) is 11.1 Å². The fraction of sp³-hybridized carbons (Fsp3) is 0.0714. The summed E-state index contributed by atoms with van der Waals surface area (Å²) in [5.41, 5.74) is 3.14. The molecule has 4 heteroatoms. The summed E-state index contributed by atoms with van der Waals surface area (Å²) < 4.78 is 2.03. The summed E-state index contributed by atoms with van der Waals surface area (Å²) in [5.74, 6) is 0. The van der Waals surface area contributed by atoms with Crippen LogP contribution in [0.4, 0.5) is 0 Å². The lowest BCUT2D eigenvalue weighted by Crippen LogP contribution is -1.82. The number of benzene rings is 2. The molecule has 0 fully saturated rings. The molecule has 18 heavy (non-hydrogen) atoms. The molecule has 0 aliphatic rings. The predicted octanol–water partition coefficient (Wildman–Crippen LogP) is 5.69. The van der Waals surface area contributed by atoms with Crippen LogP contribution in [-0.2, 0) is 0 Å². The number of rotatable bonds is 1. The molecule has 1 heterocycles. The van der Waals surface area contributed by atoms with Gasteiger partial charge in [-0.3, -0.25) is 0 Å². The van der Waals surface area contributed by atoms with Crippen molar-refractivity contribution in [3.63, 3.8) is 0 Å². The van der Waals surface area contributed by atoms with Gasteiger partial charge in [0.05, 0.1) is 14.7 Å². The van der Waals surface area contributed by atoms with Crippen LogP contribution in [-0.4, -0.2) is 4.98 Å². The number of hydrogen-bond donors (Lipinski definition) is 0. The van der Waals surface area contributed by atoms with E-state index >= 15 is 0 Å². The Labute approximate surface area is 123 Å². The maximum absolute atomic E-state index is 6.39. The summed E-state index contributed by atoms with van der Waals surface area (Å²) in [7, 11) is 0. The predicted molar refractivity (Wildman–Crippen MR) is 82.5 cm³/mol. The first-order valence-corrected chi connectivity index (χ1v) is 7.46. The molecule has 0 bridgehead atoms. The van der Waals surface area contributed by atoms with Crippen molar-refractivity contribution >= 4 is 49.1 Å². The Hall–Kier alpha value is -0.900. The first kappa shape index (κ1) is 12.2. The molecule has 0 aliphatic carbocycles. The van der Waals surface area contributed by atoms with Crippen LogP contribution in [0, 0.1) is 6.92 Å². The monoisotopic (exact) mass is 337 g/mol. The van der Waals surface area contributed by atoms with Gasteiger partial charge in [-0.2, -0.15) is 0 Å². The van der Waals surface area contributed by atoms with E-state index in [1.807, 2.05) is 25.1 Å². The van der Waals surface area contributed by atoms with Crippen molar-refractivity contribution in [1.29, 1.82) is 0 Å². The molecule has 0 unspecified atom stereocenters. The molecule has 90 valence electrons. The van der Waals surface area contributed by atoms with Crippen LogP contribution in [0.25, 0.3) is 21.3 Å². The highest BCUT2D eigenvalue weighted by Crippen LogP contribution is 2.40. The number of aromatic nitrogens is 1. The smallest absolute Gasteiger partial charge is 0.101 e. The SMILES string of the molecule is Cc1nc2c(Cl)c(Br)c(-c3ccccc3)cc2s1. The summed E-state index contributed by atoms with van der Waals surface area (Å²) in [6.45, 7) is 2.00. The Morgan fingerprint density at radius 2 is 1.94 bits per heavy atom. The molecule has 2 aromatic carbocycles. The Bertz CT molecular complexity index is 721. The van der Waals surface area contributed by atoms with Crippen LogP contribution < -0.4 is 0 Å². The third kappa shape index (κ3) is 1.96. The van der Waals surface area contributed by atoms with Gasteiger partial charge in [-0.1, -0.05) is 41.9 Å². The molecule has 3 aromatic rings. The van der Waals surface area contributed by atoms with E-state index in [4.69, 9.17) is 11.6 Å². The third-order valence-corrected chi connectivity index (χ3v) is 5.10. The second-order valence-electron chi connectivity index (χ2n) is 4.00. The highest BCUT2D eigenvalue weighted by Gasteiger charge is 2.14. The van der Waals surface area contributed by atoms with Crippen LogP contribution in [0.5, 0.6) is 0 Å². The summed E-state index contributed by atoms with van der Waals surface area (Å²) >= 11 is 11.6. The van der Waals surface area contributed by atoms with E-state index in [0.29, 0.717) is 5.02 Å². The van der Waals surface area contributed by atoms with Crippen LogP contribution >= 0.6 is 38.9 Å². The van der Waals surface area contributed by atoms with Crippen molar-refractivity contribution in [2.24, 2.45) is 0 Å². The zero-order valence-electron chi connectivity index (χ0n) is 9.58. The van der Waals surface area contributed by atoms with E-state index in [0.717, 1.165) is 30.8 Å². The molecule has 0 radical (unpaired) electrons. The number of nitrogens with zero attached hydrogens (tertiary/aromatic N) is 1. The molecule has 0 saturated heterocycles. The van der Waals surface area contributed by atoms with E-state index < -0.39 is 0 Å². The van der Waals surface area contributed by atoms with Crippen LogP contribution in [0.3, 0.4) is 0 Å². The van der Waals surface area contributed by atoms with Gasteiger partial charge in [-0.15, -0.1) is 11.3 Å². The summed E-state index contributed by atoms with van der Waals surface area (Å²) in [5, 5.41) is 1.72. The molecule has 0 saturated carbocycles. The minimum atomic E-state index is 0.690. The number of aryl methyl sites for hydroxylation is 1. The molecular weight excluding hydrogens is 330 g/mol. The van der Waals surface area contributed by atoms with Gasteiger partial charge in [-0.25, -0.2) is 4.98 Å². The van der Waals surface area contributed by atoms with Gasteiger partial charge in [-0.05, 0) is 40.0 Å². The average molecular weight is 339 g/mol.